The van der Waals surface area contributed by atoms with E-state index in [0.717, 1.165) is 5.57 Å². The second kappa shape index (κ2) is 18.1. The summed E-state index contributed by atoms with van der Waals surface area (Å²) >= 11 is 0. The molecule has 3 heterocycles. The highest BCUT2D eigenvalue weighted by Crippen LogP contribution is 2.37. The zero-order valence-corrected chi connectivity index (χ0v) is 29.1. The Kier molecular flexibility index (Phi) is 14.9. The summed E-state index contributed by atoms with van der Waals surface area (Å²) in [7, 11) is 0. The number of nitrogens with zero attached hydrogens (tertiary/aromatic N) is 3. The molecule has 3 aliphatic rings. The van der Waals surface area contributed by atoms with Crippen LogP contribution in [0, 0.1) is 24.3 Å². The van der Waals surface area contributed by atoms with E-state index < -0.39 is 36.0 Å². The van der Waals surface area contributed by atoms with Crippen LogP contribution in [-0.4, -0.2) is 119 Å². The van der Waals surface area contributed by atoms with Gasteiger partial charge in [-0.15, -0.1) is 0 Å². The van der Waals surface area contributed by atoms with Crippen LogP contribution in [0.1, 0.15) is 73.6 Å². The number of aliphatic hydroxyl groups excluding tert-OH is 2. The molecule has 264 valence electrons. The van der Waals surface area contributed by atoms with Gasteiger partial charge in [-0.25, -0.2) is 11.4 Å². The van der Waals surface area contributed by atoms with E-state index in [9.17, 15) is 24.9 Å². The molecule has 0 aromatic heterocycles. The number of aliphatic hydroxyl groups is 3. The number of cyclic esters (lactones) is 1. The number of ether oxygens (including phenoxy) is 3. The van der Waals surface area contributed by atoms with Crippen LogP contribution >= 0.6 is 0 Å². The van der Waals surface area contributed by atoms with Gasteiger partial charge in [0.1, 0.15) is 12.2 Å². The quantitative estimate of drug-likeness (QED) is 0.0984. The Morgan fingerprint density at radius 2 is 1.94 bits per heavy atom. The zero-order valence-electron chi connectivity index (χ0n) is 29.1. The summed E-state index contributed by atoms with van der Waals surface area (Å²) < 4.78 is 17.6. The molecule has 0 aromatic carbocycles. The molecule has 0 spiro atoms. The van der Waals surface area contributed by atoms with E-state index in [1.165, 1.54) is 0 Å². The van der Waals surface area contributed by atoms with Gasteiger partial charge in [0.2, 0.25) is 6.54 Å². The molecule has 0 aromatic rings. The molecule has 3 N–H and O–H groups in total. The molecule has 0 saturated carbocycles. The van der Waals surface area contributed by atoms with Crippen molar-refractivity contribution in [1.29, 1.82) is 0 Å². The van der Waals surface area contributed by atoms with Gasteiger partial charge in [-0.2, -0.15) is 0 Å². The fourth-order valence-corrected chi connectivity index (χ4v) is 6.34. The Morgan fingerprint density at radius 3 is 2.60 bits per heavy atom. The number of esters is 1. The summed E-state index contributed by atoms with van der Waals surface area (Å²) in [5.74, 6) is -0.846. The first kappa shape index (κ1) is 38.7. The number of rotatable bonds is 11. The number of epoxide rings is 1. The van der Waals surface area contributed by atoms with Gasteiger partial charge in [-0.1, -0.05) is 52.0 Å². The van der Waals surface area contributed by atoms with Gasteiger partial charge in [0.25, 0.3) is 0 Å². The summed E-state index contributed by atoms with van der Waals surface area (Å²) in [5.41, 5.74) is -0.379. The molecule has 2 saturated heterocycles. The summed E-state index contributed by atoms with van der Waals surface area (Å²) in [6, 6.07) is 0. The van der Waals surface area contributed by atoms with Crippen molar-refractivity contribution in [2.45, 2.75) is 116 Å². The van der Waals surface area contributed by atoms with Crippen LogP contribution < -0.4 is 0 Å². The summed E-state index contributed by atoms with van der Waals surface area (Å²) in [6.07, 6.45) is 7.84. The lowest BCUT2D eigenvalue weighted by atomic mass is 9.91. The number of carbonyl (C=O) groups is 2. The predicted octanol–water partition coefficient (Wildman–Crippen LogP) is 4.13. The third-order valence-electron chi connectivity index (χ3n) is 9.70. The largest absolute Gasteiger partial charge is 0.457 e. The second-order valence-electron chi connectivity index (χ2n) is 13.9. The van der Waals surface area contributed by atoms with Crippen molar-refractivity contribution >= 4 is 12.1 Å². The molecule has 0 radical (unpaired) electrons. The number of piperazine rings is 1. The van der Waals surface area contributed by atoms with E-state index in [2.05, 4.69) is 9.74 Å². The third-order valence-corrected chi connectivity index (χ3v) is 9.70. The Morgan fingerprint density at radius 1 is 1.23 bits per heavy atom. The summed E-state index contributed by atoms with van der Waals surface area (Å²) in [5, 5.41) is 31.7. The van der Waals surface area contributed by atoms with Gasteiger partial charge >= 0.3 is 12.1 Å². The molecule has 11 nitrogen and oxygen atoms in total. The van der Waals surface area contributed by atoms with Crippen molar-refractivity contribution in [2.75, 3.05) is 39.3 Å². The molecular formula is C36H57N3O8. The summed E-state index contributed by atoms with van der Waals surface area (Å²) in [6.45, 7) is 22.0. The number of carbonyl (C=O) groups excluding carboxylic acids is 2. The average Bonchev–Trinajstić information content (AvgIpc) is 3.79. The van der Waals surface area contributed by atoms with Gasteiger partial charge in [0.05, 0.1) is 43.0 Å². The maximum atomic E-state index is 13.2. The summed E-state index contributed by atoms with van der Waals surface area (Å²) in [4.78, 5) is 33.3. The van der Waals surface area contributed by atoms with Crippen LogP contribution in [0.25, 0.3) is 4.85 Å². The molecule has 10 unspecified atom stereocenters. The standard InChI is InChI=1S/C36H57N3O8/c1-8-29(41)27(5)34-31(45-34)23-36(6,44)15-9-10-25(3)33-26(4)12-14-30(24(2)11-13-28(40)22-32(42)47-33)46-35(43)39-20-18-38(19-21-39)17-16-37-7/h9-10,12,14-15,24,26-31,33-34,40-41,44H,8,11,13,16-23H2,1-6H3/b14-12+,15-9+,25-10+. The van der Waals surface area contributed by atoms with Crippen molar-refractivity contribution in [1.82, 2.24) is 9.80 Å². The Hall–Kier alpha value is -2.75. The predicted molar refractivity (Wildman–Crippen MR) is 179 cm³/mol. The van der Waals surface area contributed by atoms with Crippen LogP contribution in [-0.2, 0) is 19.0 Å². The highest BCUT2D eigenvalue weighted by molar-refractivity contribution is 5.70. The Bertz CT molecular complexity index is 1160. The zero-order chi connectivity index (χ0) is 34.7. The lowest BCUT2D eigenvalue weighted by Gasteiger charge is -2.34. The highest BCUT2D eigenvalue weighted by atomic mass is 16.6. The van der Waals surface area contributed by atoms with E-state index in [0.29, 0.717) is 65.0 Å². The molecule has 2 fully saturated rings. The first-order chi connectivity index (χ1) is 22.2. The lowest BCUT2D eigenvalue weighted by Crippen LogP contribution is -2.50. The molecule has 11 heteroatoms. The Balaban J connectivity index is 1.68. The first-order valence-corrected chi connectivity index (χ1v) is 17.2. The van der Waals surface area contributed by atoms with Crippen molar-refractivity contribution in [3.8, 4) is 0 Å². The van der Waals surface area contributed by atoms with E-state index in [-0.39, 0.29) is 42.5 Å². The number of amides is 1. The maximum Gasteiger partial charge on any atom is 0.410 e. The number of allylic oxidation sites excluding steroid dienone is 2. The van der Waals surface area contributed by atoms with Crippen molar-refractivity contribution < 1.29 is 39.1 Å². The number of hydrogen-bond donors (Lipinski definition) is 3. The van der Waals surface area contributed by atoms with Gasteiger partial charge in [0, 0.05) is 44.4 Å². The fourth-order valence-electron chi connectivity index (χ4n) is 6.34. The van der Waals surface area contributed by atoms with E-state index in [1.54, 1.807) is 24.0 Å². The van der Waals surface area contributed by atoms with Gasteiger partial charge in [0.15, 0.2) is 0 Å². The fraction of sp³-hybridized carbons (Fsp3) is 0.750. The van der Waals surface area contributed by atoms with Crippen molar-refractivity contribution in [2.24, 2.45) is 17.8 Å². The Labute approximate surface area is 281 Å². The van der Waals surface area contributed by atoms with Crippen molar-refractivity contribution in [3.05, 3.63) is 47.4 Å². The van der Waals surface area contributed by atoms with Crippen LogP contribution in [0.2, 0.25) is 0 Å². The van der Waals surface area contributed by atoms with E-state index in [4.69, 9.17) is 20.8 Å². The van der Waals surface area contributed by atoms with Crippen LogP contribution in [0.4, 0.5) is 4.79 Å². The monoisotopic (exact) mass is 659 g/mol. The van der Waals surface area contributed by atoms with Crippen LogP contribution in [0.15, 0.2) is 36.0 Å². The van der Waals surface area contributed by atoms with E-state index >= 15 is 0 Å². The molecule has 3 aliphatic heterocycles. The minimum absolute atomic E-state index is 0.000714. The molecule has 10 atom stereocenters. The topological polar surface area (TPSA) is 137 Å². The molecular weight excluding hydrogens is 602 g/mol. The van der Waals surface area contributed by atoms with Gasteiger partial charge < -0.3 is 39.3 Å². The molecule has 0 bridgehead atoms. The van der Waals surface area contributed by atoms with E-state index in [1.807, 2.05) is 52.8 Å². The molecule has 0 aliphatic carbocycles. The first-order valence-electron chi connectivity index (χ1n) is 17.2. The molecule has 3 rings (SSSR count). The average molecular weight is 660 g/mol. The van der Waals surface area contributed by atoms with Crippen LogP contribution in [0.3, 0.4) is 0 Å². The number of hydrogen-bond acceptors (Lipinski definition) is 9. The van der Waals surface area contributed by atoms with Crippen molar-refractivity contribution in [3.63, 3.8) is 0 Å². The highest BCUT2D eigenvalue weighted by Gasteiger charge is 2.47. The third kappa shape index (κ3) is 12.3. The maximum absolute atomic E-state index is 13.2. The second-order valence-corrected chi connectivity index (χ2v) is 13.9. The van der Waals surface area contributed by atoms with Crippen LogP contribution in [0.5, 0.6) is 0 Å². The SMILES string of the molecule is [C-]#[N+]CCN1CCN(C(=O)OC2/C=C/C(C)C(/C(C)=C/C=C/C(C)(O)CC3OC3C(C)C(O)CC)OC(=O)CC(O)CCC2C)CC1. The van der Waals surface area contributed by atoms with Gasteiger partial charge in [-0.05, 0) is 50.7 Å². The minimum Gasteiger partial charge on any atom is -0.457 e. The molecule has 1 amide bonds. The normalized spacial score (nSPS) is 33.0. The minimum atomic E-state index is -1.14. The molecule has 47 heavy (non-hydrogen) atoms. The lowest BCUT2D eigenvalue weighted by molar-refractivity contribution is -0.151. The van der Waals surface area contributed by atoms with Gasteiger partial charge in [-0.3, -0.25) is 9.69 Å². The smallest absolute Gasteiger partial charge is 0.410 e.